The standard InChI is InChI=1S/C14H14BrFN2/c1-18(13-5-3-12(16)4-6-13)14-7-2-11(15)8-10(14)9-17/h2-8H,9,17H2,1H3. The SMILES string of the molecule is CN(c1ccc(F)cc1)c1ccc(Br)cc1CN. The molecule has 0 aliphatic rings. The fraction of sp³-hybridized carbons (Fsp3) is 0.143. The zero-order chi connectivity index (χ0) is 13.1. The van der Waals surface area contributed by atoms with Crippen LogP contribution in [0.4, 0.5) is 15.8 Å². The van der Waals surface area contributed by atoms with Gasteiger partial charge in [0.2, 0.25) is 0 Å². The second kappa shape index (κ2) is 5.50. The molecule has 0 spiro atoms. The van der Waals surface area contributed by atoms with Crippen molar-refractivity contribution in [3.63, 3.8) is 0 Å². The molecule has 0 amide bonds. The molecule has 0 unspecified atom stereocenters. The van der Waals surface area contributed by atoms with Crippen LogP contribution in [0.15, 0.2) is 46.9 Å². The van der Waals surface area contributed by atoms with Crippen molar-refractivity contribution in [1.29, 1.82) is 0 Å². The number of halogens is 2. The van der Waals surface area contributed by atoms with Gasteiger partial charge < -0.3 is 10.6 Å². The zero-order valence-electron chi connectivity index (χ0n) is 10.0. The Morgan fingerprint density at radius 2 is 1.83 bits per heavy atom. The van der Waals surface area contributed by atoms with E-state index in [1.54, 1.807) is 12.1 Å². The van der Waals surface area contributed by atoms with Crippen molar-refractivity contribution in [2.24, 2.45) is 5.73 Å². The lowest BCUT2D eigenvalue weighted by Crippen LogP contribution is -2.13. The normalized spacial score (nSPS) is 10.4. The smallest absolute Gasteiger partial charge is 0.123 e. The van der Waals surface area contributed by atoms with E-state index in [-0.39, 0.29) is 5.82 Å². The molecule has 2 aromatic carbocycles. The monoisotopic (exact) mass is 308 g/mol. The first-order chi connectivity index (χ1) is 8.61. The molecule has 18 heavy (non-hydrogen) atoms. The Bertz CT molecular complexity index is 540. The van der Waals surface area contributed by atoms with Gasteiger partial charge in [-0.15, -0.1) is 0 Å². The molecule has 94 valence electrons. The summed E-state index contributed by atoms with van der Waals surface area (Å²) >= 11 is 3.43. The van der Waals surface area contributed by atoms with Crippen LogP contribution in [0.2, 0.25) is 0 Å². The lowest BCUT2D eigenvalue weighted by atomic mass is 10.1. The highest BCUT2D eigenvalue weighted by atomic mass is 79.9. The molecule has 2 nitrogen and oxygen atoms in total. The van der Waals surface area contributed by atoms with Crippen LogP contribution < -0.4 is 10.6 Å². The number of hydrogen-bond acceptors (Lipinski definition) is 2. The van der Waals surface area contributed by atoms with Crippen LogP contribution in [0, 0.1) is 5.82 Å². The molecule has 4 heteroatoms. The maximum Gasteiger partial charge on any atom is 0.123 e. The summed E-state index contributed by atoms with van der Waals surface area (Å²) in [6.45, 7) is 0.459. The highest BCUT2D eigenvalue weighted by Gasteiger charge is 2.09. The van der Waals surface area contributed by atoms with Gasteiger partial charge in [0.15, 0.2) is 0 Å². The van der Waals surface area contributed by atoms with Gasteiger partial charge in [0, 0.05) is 29.4 Å². The highest BCUT2D eigenvalue weighted by molar-refractivity contribution is 9.10. The number of nitrogens with zero attached hydrogens (tertiary/aromatic N) is 1. The lowest BCUT2D eigenvalue weighted by Gasteiger charge is -2.22. The average Bonchev–Trinajstić information content (AvgIpc) is 2.38. The molecule has 0 saturated heterocycles. The van der Waals surface area contributed by atoms with E-state index in [2.05, 4.69) is 15.9 Å². The number of nitrogens with two attached hydrogens (primary N) is 1. The molecular weight excluding hydrogens is 295 g/mol. The molecule has 2 N–H and O–H groups in total. The van der Waals surface area contributed by atoms with Crippen LogP contribution in [0.1, 0.15) is 5.56 Å². The number of benzene rings is 2. The first kappa shape index (κ1) is 13.1. The van der Waals surface area contributed by atoms with E-state index < -0.39 is 0 Å². The minimum atomic E-state index is -0.234. The highest BCUT2D eigenvalue weighted by Crippen LogP contribution is 2.29. The van der Waals surface area contributed by atoms with Gasteiger partial charge in [0.05, 0.1) is 0 Å². The molecule has 2 rings (SSSR count). The molecule has 0 radical (unpaired) electrons. The van der Waals surface area contributed by atoms with Crippen LogP contribution in [-0.2, 0) is 6.54 Å². The van der Waals surface area contributed by atoms with Crippen molar-refractivity contribution in [3.8, 4) is 0 Å². The number of rotatable bonds is 3. The molecule has 0 saturated carbocycles. The predicted octanol–water partition coefficient (Wildman–Crippen LogP) is 3.81. The third-order valence-corrected chi connectivity index (χ3v) is 3.33. The van der Waals surface area contributed by atoms with Gasteiger partial charge in [-0.2, -0.15) is 0 Å². The minimum absolute atomic E-state index is 0.234. The topological polar surface area (TPSA) is 29.3 Å². The van der Waals surface area contributed by atoms with Gasteiger partial charge in [-0.25, -0.2) is 4.39 Å². The fourth-order valence-corrected chi connectivity index (χ4v) is 2.26. The number of anilines is 2. The summed E-state index contributed by atoms with van der Waals surface area (Å²) in [6, 6.07) is 12.4. The van der Waals surface area contributed by atoms with Crippen LogP contribution in [-0.4, -0.2) is 7.05 Å². The summed E-state index contributed by atoms with van der Waals surface area (Å²) in [6.07, 6.45) is 0. The maximum absolute atomic E-state index is 12.9. The molecule has 0 aliphatic heterocycles. The Balaban J connectivity index is 2.39. The molecule has 0 atom stereocenters. The third-order valence-electron chi connectivity index (χ3n) is 2.84. The number of hydrogen-bond donors (Lipinski definition) is 1. The quantitative estimate of drug-likeness (QED) is 0.934. The summed E-state index contributed by atoms with van der Waals surface area (Å²) in [5, 5.41) is 0. The second-order valence-electron chi connectivity index (χ2n) is 4.01. The Hall–Kier alpha value is -1.39. The van der Waals surface area contributed by atoms with Gasteiger partial charge in [-0.05, 0) is 48.0 Å². The maximum atomic E-state index is 12.9. The lowest BCUT2D eigenvalue weighted by molar-refractivity contribution is 0.628. The van der Waals surface area contributed by atoms with Crippen LogP contribution in [0.3, 0.4) is 0 Å². The van der Waals surface area contributed by atoms with E-state index in [0.29, 0.717) is 6.54 Å². The molecule has 0 aromatic heterocycles. The van der Waals surface area contributed by atoms with Crippen LogP contribution in [0.25, 0.3) is 0 Å². The Morgan fingerprint density at radius 3 is 2.44 bits per heavy atom. The largest absolute Gasteiger partial charge is 0.344 e. The summed E-state index contributed by atoms with van der Waals surface area (Å²) in [4.78, 5) is 1.99. The van der Waals surface area contributed by atoms with E-state index in [1.165, 1.54) is 12.1 Å². The van der Waals surface area contributed by atoms with Crippen molar-refractivity contribution in [3.05, 3.63) is 58.3 Å². The molecule has 0 bridgehead atoms. The second-order valence-corrected chi connectivity index (χ2v) is 4.93. The molecule has 0 fully saturated rings. The summed E-state index contributed by atoms with van der Waals surface area (Å²) < 4.78 is 13.9. The Kier molecular flexibility index (Phi) is 3.99. The molecular formula is C14H14BrFN2. The predicted molar refractivity (Wildman–Crippen MR) is 76.5 cm³/mol. The van der Waals surface area contributed by atoms with Gasteiger partial charge in [0.1, 0.15) is 5.82 Å². The van der Waals surface area contributed by atoms with Crippen molar-refractivity contribution >= 4 is 27.3 Å². The van der Waals surface area contributed by atoms with Crippen molar-refractivity contribution in [2.75, 3.05) is 11.9 Å². The van der Waals surface area contributed by atoms with Crippen molar-refractivity contribution < 1.29 is 4.39 Å². The van der Waals surface area contributed by atoms with E-state index in [0.717, 1.165) is 21.4 Å². The Labute approximate surface area is 114 Å². The summed E-state index contributed by atoms with van der Waals surface area (Å²) in [5.74, 6) is -0.234. The first-order valence-electron chi connectivity index (χ1n) is 5.59. The van der Waals surface area contributed by atoms with Gasteiger partial charge >= 0.3 is 0 Å². The summed E-state index contributed by atoms with van der Waals surface area (Å²) in [5.41, 5.74) is 8.74. The van der Waals surface area contributed by atoms with Crippen molar-refractivity contribution in [2.45, 2.75) is 6.54 Å². The zero-order valence-corrected chi connectivity index (χ0v) is 11.6. The Morgan fingerprint density at radius 1 is 1.17 bits per heavy atom. The van der Waals surface area contributed by atoms with E-state index in [9.17, 15) is 4.39 Å². The van der Waals surface area contributed by atoms with Crippen molar-refractivity contribution in [1.82, 2.24) is 0 Å². The van der Waals surface area contributed by atoms with E-state index in [4.69, 9.17) is 5.73 Å². The van der Waals surface area contributed by atoms with Gasteiger partial charge in [0.25, 0.3) is 0 Å². The van der Waals surface area contributed by atoms with Crippen LogP contribution >= 0.6 is 15.9 Å². The third kappa shape index (κ3) is 2.71. The van der Waals surface area contributed by atoms with Gasteiger partial charge in [-0.3, -0.25) is 0 Å². The molecule has 2 aromatic rings. The van der Waals surface area contributed by atoms with Gasteiger partial charge in [-0.1, -0.05) is 15.9 Å². The average molecular weight is 309 g/mol. The summed E-state index contributed by atoms with van der Waals surface area (Å²) in [7, 11) is 1.94. The first-order valence-corrected chi connectivity index (χ1v) is 6.39. The fourth-order valence-electron chi connectivity index (χ4n) is 1.85. The van der Waals surface area contributed by atoms with E-state index in [1.807, 2.05) is 30.1 Å². The molecule has 0 heterocycles. The van der Waals surface area contributed by atoms with E-state index >= 15 is 0 Å². The van der Waals surface area contributed by atoms with Crippen LogP contribution in [0.5, 0.6) is 0 Å². The minimum Gasteiger partial charge on any atom is -0.344 e. The molecule has 0 aliphatic carbocycles.